The van der Waals surface area contributed by atoms with E-state index >= 15 is 0 Å². The van der Waals surface area contributed by atoms with E-state index in [9.17, 15) is 9.59 Å². The van der Waals surface area contributed by atoms with Crippen molar-refractivity contribution < 1.29 is 9.90 Å². The van der Waals surface area contributed by atoms with Crippen molar-refractivity contribution in [3.05, 3.63) is 57.0 Å². The second kappa shape index (κ2) is 7.39. The standard InChI is InChI=1S/C16H18ClN3O3/c1-3-19(7-8-21)16(23)15-14(22)9-11(2)20(18-15)13-6-4-5-12(17)10-13/h4-6,9-10,21H,3,7-8H2,1-2H3. The van der Waals surface area contributed by atoms with Crippen LogP contribution in [0.3, 0.4) is 0 Å². The third kappa shape index (κ3) is 3.78. The molecule has 2 rings (SSSR count). The molecule has 0 fully saturated rings. The zero-order chi connectivity index (χ0) is 17.0. The van der Waals surface area contributed by atoms with Gasteiger partial charge in [-0.15, -0.1) is 0 Å². The monoisotopic (exact) mass is 335 g/mol. The van der Waals surface area contributed by atoms with Crippen molar-refractivity contribution in [2.45, 2.75) is 13.8 Å². The van der Waals surface area contributed by atoms with Crippen LogP contribution < -0.4 is 5.43 Å². The number of rotatable bonds is 5. The molecule has 0 aliphatic heterocycles. The van der Waals surface area contributed by atoms with Crippen molar-refractivity contribution in [2.24, 2.45) is 0 Å². The highest BCUT2D eigenvalue weighted by molar-refractivity contribution is 6.30. The summed E-state index contributed by atoms with van der Waals surface area (Å²) in [6.07, 6.45) is 0. The van der Waals surface area contributed by atoms with Crippen LogP contribution in [0, 0.1) is 6.92 Å². The first-order chi connectivity index (χ1) is 11.0. The highest BCUT2D eigenvalue weighted by Gasteiger charge is 2.20. The Hall–Kier alpha value is -2.18. The maximum Gasteiger partial charge on any atom is 0.278 e. The Bertz CT molecular complexity index is 773. The van der Waals surface area contributed by atoms with Crippen molar-refractivity contribution in [3.8, 4) is 5.69 Å². The highest BCUT2D eigenvalue weighted by Crippen LogP contribution is 2.15. The average Bonchev–Trinajstić information content (AvgIpc) is 2.52. The summed E-state index contributed by atoms with van der Waals surface area (Å²) < 4.78 is 1.51. The average molecular weight is 336 g/mol. The van der Waals surface area contributed by atoms with Crippen molar-refractivity contribution in [1.82, 2.24) is 14.7 Å². The third-order valence-electron chi connectivity index (χ3n) is 3.40. The number of halogens is 1. The number of aliphatic hydroxyl groups is 1. The molecule has 1 aromatic heterocycles. The molecule has 1 aromatic carbocycles. The van der Waals surface area contributed by atoms with Crippen LogP contribution >= 0.6 is 11.6 Å². The Kier molecular flexibility index (Phi) is 5.52. The summed E-state index contributed by atoms with van der Waals surface area (Å²) in [5, 5.41) is 13.8. The van der Waals surface area contributed by atoms with E-state index in [0.717, 1.165) is 0 Å². The Balaban J connectivity index is 2.52. The summed E-state index contributed by atoms with van der Waals surface area (Å²) in [5.74, 6) is -0.498. The van der Waals surface area contributed by atoms with E-state index in [1.165, 1.54) is 15.6 Å². The predicted octanol–water partition coefficient (Wildman–Crippen LogP) is 1.65. The SMILES string of the molecule is CCN(CCO)C(=O)c1nn(-c2cccc(Cl)c2)c(C)cc1=O. The Morgan fingerprint density at radius 3 is 2.74 bits per heavy atom. The van der Waals surface area contributed by atoms with Crippen LogP contribution in [0.1, 0.15) is 23.1 Å². The molecule has 0 atom stereocenters. The fraction of sp³-hybridized carbons (Fsp3) is 0.312. The van der Waals surface area contributed by atoms with Gasteiger partial charge in [0.2, 0.25) is 5.43 Å². The summed E-state index contributed by atoms with van der Waals surface area (Å²) in [6.45, 7) is 3.87. The van der Waals surface area contributed by atoms with Crippen LogP contribution in [0.25, 0.3) is 5.69 Å². The normalized spacial score (nSPS) is 10.6. The largest absolute Gasteiger partial charge is 0.395 e. The molecule has 23 heavy (non-hydrogen) atoms. The van der Waals surface area contributed by atoms with E-state index in [1.807, 2.05) is 0 Å². The molecule has 6 nitrogen and oxygen atoms in total. The number of hydrogen-bond acceptors (Lipinski definition) is 4. The van der Waals surface area contributed by atoms with Crippen LogP contribution in [-0.4, -0.2) is 45.4 Å². The maximum absolute atomic E-state index is 12.5. The molecule has 122 valence electrons. The van der Waals surface area contributed by atoms with Crippen LogP contribution in [0.2, 0.25) is 5.02 Å². The number of aliphatic hydroxyl groups excluding tert-OH is 1. The maximum atomic E-state index is 12.5. The number of aromatic nitrogens is 2. The highest BCUT2D eigenvalue weighted by atomic mass is 35.5. The van der Waals surface area contributed by atoms with Gasteiger partial charge in [0.25, 0.3) is 5.91 Å². The number of likely N-dealkylation sites (N-methyl/N-ethyl adjacent to an activating group) is 1. The van der Waals surface area contributed by atoms with Gasteiger partial charge in [-0.2, -0.15) is 5.10 Å². The second-order valence-corrected chi connectivity index (χ2v) is 5.44. The molecular formula is C16H18ClN3O3. The molecule has 1 N–H and O–H groups in total. The van der Waals surface area contributed by atoms with E-state index < -0.39 is 11.3 Å². The van der Waals surface area contributed by atoms with Crippen LogP contribution in [-0.2, 0) is 0 Å². The van der Waals surface area contributed by atoms with E-state index in [1.54, 1.807) is 38.1 Å². The zero-order valence-electron chi connectivity index (χ0n) is 13.0. The summed E-state index contributed by atoms with van der Waals surface area (Å²) in [7, 11) is 0. The van der Waals surface area contributed by atoms with Gasteiger partial charge < -0.3 is 10.0 Å². The molecular weight excluding hydrogens is 318 g/mol. The minimum Gasteiger partial charge on any atom is -0.395 e. The molecule has 1 amide bonds. The molecule has 0 aliphatic rings. The van der Waals surface area contributed by atoms with Gasteiger partial charge in [0.05, 0.1) is 12.3 Å². The number of aryl methyl sites for hydroxylation is 1. The van der Waals surface area contributed by atoms with Crippen molar-refractivity contribution in [1.29, 1.82) is 0 Å². The molecule has 0 spiro atoms. The van der Waals surface area contributed by atoms with Crippen molar-refractivity contribution in [2.75, 3.05) is 19.7 Å². The number of nitrogens with zero attached hydrogens (tertiary/aromatic N) is 3. The molecule has 0 saturated carbocycles. The van der Waals surface area contributed by atoms with Gasteiger partial charge in [0.15, 0.2) is 5.69 Å². The Morgan fingerprint density at radius 2 is 2.13 bits per heavy atom. The lowest BCUT2D eigenvalue weighted by molar-refractivity contribution is 0.0722. The van der Waals surface area contributed by atoms with Crippen LogP contribution in [0.5, 0.6) is 0 Å². The van der Waals surface area contributed by atoms with Crippen LogP contribution in [0.15, 0.2) is 35.1 Å². The van der Waals surface area contributed by atoms with Gasteiger partial charge in [-0.25, -0.2) is 4.68 Å². The topological polar surface area (TPSA) is 75.4 Å². The van der Waals surface area contributed by atoms with Crippen molar-refractivity contribution >= 4 is 17.5 Å². The second-order valence-electron chi connectivity index (χ2n) is 5.00. The third-order valence-corrected chi connectivity index (χ3v) is 3.64. The van der Waals surface area contributed by atoms with E-state index in [-0.39, 0.29) is 18.8 Å². The van der Waals surface area contributed by atoms with E-state index in [2.05, 4.69) is 5.10 Å². The minimum atomic E-state index is -0.498. The molecule has 2 aromatic rings. The molecule has 0 aliphatic carbocycles. The quantitative estimate of drug-likeness (QED) is 0.901. The molecule has 7 heteroatoms. The zero-order valence-corrected chi connectivity index (χ0v) is 13.7. The molecule has 1 heterocycles. The van der Waals surface area contributed by atoms with Gasteiger partial charge in [0.1, 0.15) is 0 Å². The van der Waals surface area contributed by atoms with E-state index in [0.29, 0.717) is 22.9 Å². The first kappa shape index (κ1) is 17.2. The summed E-state index contributed by atoms with van der Waals surface area (Å²) in [4.78, 5) is 26.0. The first-order valence-electron chi connectivity index (χ1n) is 7.25. The van der Waals surface area contributed by atoms with Crippen LogP contribution in [0.4, 0.5) is 0 Å². The summed E-state index contributed by atoms with van der Waals surface area (Å²) >= 11 is 5.99. The number of amides is 1. The fourth-order valence-corrected chi connectivity index (χ4v) is 2.42. The minimum absolute atomic E-state index is 0.154. The lowest BCUT2D eigenvalue weighted by Crippen LogP contribution is -2.37. The van der Waals surface area contributed by atoms with Gasteiger partial charge >= 0.3 is 0 Å². The molecule has 0 radical (unpaired) electrons. The summed E-state index contributed by atoms with van der Waals surface area (Å²) in [5.41, 5.74) is 0.640. The lowest BCUT2D eigenvalue weighted by atomic mass is 10.2. The fourth-order valence-electron chi connectivity index (χ4n) is 2.24. The van der Waals surface area contributed by atoms with Gasteiger partial charge in [-0.1, -0.05) is 17.7 Å². The molecule has 0 bridgehead atoms. The Morgan fingerprint density at radius 1 is 1.39 bits per heavy atom. The van der Waals surface area contributed by atoms with Crippen molar-refractivity contribution in [3.63, 3.8) is 0 Å². The first-order valence-corrected chi connectivity index (χ1v) is 7.62. The van der Waals surface area contributed by atoms with Gasteiger partial charge in [-0.3, -0.25) is 9.59 Å². The Labute approximate surface area is 138 Å². The molecule has 0 saturated heterocycles. The van der Waals surface area contributed by atoms with E-state index in [4.69, 9.17) is 16.7 Å². The number of carbonyl (C=O) groups excluding carboxylic acids is 1. The smallest absolute Gasteiger partial charge is 0.278 e. The van der Waals surface area contributed by atoms with Gasteiger partial charge in [0, 0.05) is 29.9 Å². The summed E-state index contributed by atoms with van der Waals surface area (Å²) in [6, 6.07) is 8.35. The number of carbonyl (C=O) groups is 1. The molecule has 0 unspecified atom stereocenters. The van der Waals surface area contributed by atoms with Gasteiger partial charge in [-0.05, 0) is 32.0 Å². The lowest BCUT2D eigenvalue weighted by Gasteiger charge is -2.19. The predicted molar refractivity (Wildman–Crippen MR) is 88.2 cm³/mol. The number of hydrogen-bond donors (Lipinski definition) is 1. The number of benzene rings is 1.